The Kier molecular flexibility index (Phi) is 6.25. The summed E-state index contributed by atoms with van der Waals surface area (Å²) < 4.78 is 6.12. The molecule has 1 aromatic heterocycles. The molecule has 1 heteroatoms. The van der Waals surface area contributed by atoms with E-state index in [2.05, 4.69) is 170 Å². The minimum atomic E-state index is 0.915. The van der Waals surface area contributed by atoms with Crippen molar-refractivity contribution < 1.29 is 4.42 Å². The van der Waals surface area contributed by atoms with Gasteiger partial charge in [0.15, 0.2) is 0 Å². The van der Waals surface area contributed by atoms with E-state index in [1.165, 1.54) is 76.8 Å². The first-order chi connectivity index (χ1) is 24.3. The van der Waals surface area contributed by atoms with Gasteiger partial charge in [-0.15, -0.1) is 0 Å². The highest BCUT2D eigenvalue weighted by Crippen LogP contribution is 2.45. The van der Waals surface area contributed by atoms with Crippen LogP contribution in [0.5, 0.6) is 0 Å². The summed E-state index contributed by atoms with van der Waals surface area (Å²) in [5.74, 6) is 0. The summed E-state index contributed by atoms with van der Waals surface area (Å²) in [6.45, 7) is 0. The first-order valence-electron chi connectivity index (χ1n) is 16.8. The molecule has 0 unspecified atom stereocenters. The van der Waals surface area contributed by atoms with Gasteiger partial charge < -0.3 is 4.42 Å². The first kappa shape index (κ1) is 27.7. The van der Waals surface area contributed by atoms with E-state index in [4.69, 9.17) is 4.42 Å². The van der Waals surface area contributed by atoms with Crippen LogP contribution in [-0.4, -0.2) is 0 Å². The van der Waals surface area contributed by atoms with E-state index in [1.54, 1.807) is 0 Å². The smallest absolute Gasteiger partial charge is 0.135 e. The van der Waals surface area contributed by atoms with Crippen molar-refractivity contribution in [1.82, 2.24) is 0 Å². The van der Waals surface area contributed by atoms with E-state index < -0.39 is 0 Å². The van der Waals surface area contributed by atoms with Crippen LogP contribution in [0.1, 0.15) is 0 Å². The zero-order valence-electron chi connectivity index (χ0n) is 26.7. The predicted molar refractivity (Wildman–Crippen MR) is 208 cm³/mol. The molecule has 0 atom stereocenters. The Morgan fingerprint density at radius 2 is 0.776 bits per heavy atom. The van der Waals surface area contributed by atoms with Crippen LogP contribution in [0.4, 0.5) is 0 Å². The molecule has 1 nitrogen and oxygen atoms in total. The number of hydrogen-bond acceptors (Lipinski definition) is 1. The van der Waals surface area contributed by atoms with Crippen molar-refractivity contribution in [3.8, 4) is 44.5 Å². The van der Waals surface area contributed by atoms with Gasteiger partial charge in [-0.2, -0.15) is 0 Å². The summed E-state index contributed by atoms with van der Waals surface area (Å²) in [5, 5.41) is 9.82. The standard InChI is InChI=1S/C48H30O/c1-2-12-32(13-3-1)47-40-18-6-7-19-41(40)48(38-22-21-31-11-4-5-14-33(31)28-38)44-30-36(23-25-42(44)47)34-15-10-16-35(27-34)37-24-26-46-43(29-37)39-17-8-9-20-45(39)49-46/h1-30H. The van der Waals surface area contributed by atoms with Crippen LogP contribution in [0.3, 0.4) is 0 Å². The average Bonchev–Trinajstić information content (AvgIpc) is 3.55. The van der Waals surface area contributed by atoms with Gasteiger partial charge in [-0.05, 0) is 113 Å². The van der Waals surface area contributed by atoms with Crippen LogP contribution in [-0.2, 0) is 0 Å². The molecule has 0 radical (unpaired) electrons. The monoisotopic (exact) mass is 622 g/mol. The first-order valence-corrected chi connectivity index (χ1v) is 16.8. The number of furan rings is 1. The highest BCUT2D eigenvalue weighted by molar-refractivity contribution is 6.22. The van der Waals surface area contributed by atoms with Crippen LogP contribution in [0.15, 0.2) is 186 Å². The molecular formula is C48H30O. The van der Waals surface area contributed by atoms with Crippen LogP contribution in [0, 0.1) is 0 Å². The Balaban J connectivity index is 1.21. The molecule has 10 rings (SSSR count). The zero-order chi connectivity index (χ0) is 32.3. The Hall–Kier alpha value is -6.44. The summed E-state index contributed by atoms with van der Waals surface area (Å²) in [5.41, 5.74) is 11.6. The topological polar surface area (TPSA) is 13.1 Å². The third kappa shape index (κ3) is 4.55. The summed E-state index contributed by atoms with van der Waals surface area (Å²) >= 11 is 0. The minimum Gasteiger partial charge on any atom is -0.456 e. The lowest BCUT2D eigenvalue weighted by Gasteiger charge is -2.19. The minimum absolute atomic E-state index is 0.915. The Morgan fingerprint density at radius 1 is 0.245 bits per heavy atom. The van der Waals surface area contributed by atoms with Crippen molar-refractivity contribution in [2.24, 2.45) is 0 Å². The van der Waals surface area contributed by atoms with Gasteiger partial charge in [-0.25, -0.2) is 0 Å². The molecule has 0 saturated carbocycles. The van der Waals surface area contributed by atoms with Gasteiger partial charge in [0, 0.05) is 10.8 Å². The summed E-state index contributed by atoms with van der Waals surface area (Å²) in [6.07, 6.45) is 0. The summed E-state index contributed by atoms with van der Waals surface area (Å²) in [7, 11) is 0. The Morgan fingerprint density at radius 3 is 1.57 bits per heavy atom. The molecule has 0 saturated heterocycles. The largest absolute Gasteiger partial charge is 0.456 e. The van der Waals surface area contributed by atoms with E-state index in [0.29, 0.717) is 0 Å². The lowest BCUT2D eigenvalue weighted by molar-refractivity contribution is 0.669. The Labute approximate surface area is 284 Å². The maximum Gasteiger partial charge on any atom is 0.135 e. The molecule has 0 fully saturated rings. The number of rotatable bonds is 4. The number of benzene rings is 9. The van der Waals surface area contributed by atoms with E-state index in [0.717, 1.165) is 21.9 Å². The van der Waals surface area contributed by atoms with Gasteiger partial charge in [-0.1, -0.05) is 146 Å². The molecular weight excluding hydrogens is 593 g/mol. The van der Waals surface area contributed by atoms with Crippen molar-refractivity contribution in [1.29, 1.82) is 0 Å². The van der Waals surface area contributed by atoms with Crippen LogP contribution in [0.2, 0.25) is 0 Å². The van der Waals surface area contributed by atoms with Crippen LogP contribution >= 0.6 is 0 Å². The number of fused-ring (bicyclic) bond motifs is 6. The van der Waals surface area contributed by atoms with Crippen molar-refractivity contribution in [3.05, 3.63) is 182 Å². The third-order valence-electron chi connectivity index (χ3n) is 10.0. The van der Waals surface area contributed by atoms with Crippen molar-refractivity contribution >= 4 is 54.3 Å². The van der Waals surface area contributed by atoms with Gasteiger partial charge in [0.1, 0.15) is 11.2 Å². The summed E-state index contributed by atoms with van der Waals surface area (Å²) in [6, 6.07) is 66.0. The second kappa shape index (κ2) is 11.1. The number of hydrogen-bond donors (Lipinski definition) is 0. The maximum atomic E-state index is 6.12. The Bertz CT molecular complexity index is 2870. The zero-order valence-corrected chi connectivity index (χ0v) is 26.7. The van der Waals surface area contributed by atoms with Gasteiger partial charge in [0.05, 0.1) is 0 Å². The predicted octanol–water partition coefficient (Wildman–Crippen LogP) is 13.7. The van der Waals surface area contributed by atoms with Crippen molar-refractivity contribution in [3.63, 3.8) is 0 Å². The molecule has 9 aromatic carbocycles. The highest BCUT2D eigenvalue weighted by Gasteiger charge is 2.18. The van der Waals surface area contributed by atoms with Gasteiger partial charge >= 0.3 is 0 Å². The second-order valence-corrected chi connectivity index (χ2v) is 12.9. The van der Waals surface area contributed by atoms with Crippen LogP contribution in [0.25, 0.3) is 98.8 Å². The summed E-state index contributed by atoms with van der Waals surface area (Å²) in [4.78, 5) is 0. The number of para-hydroxylation sites is 1. The van der Waals surface area contributed by atoms with Crippen LogP contribution < -0.4 is 0 Å². The van der Waals surface area contributed by atoms with Gasteiger partial charge in [0.25, 0.3) is 0 Å². The van der Waals surface area contributed by atoms with E-state index in [9.17, 15) is 0 Å². The molecule has 0 bridgehead atoms. The van der Waals surface area contributed by atoms with Gasteiger partial charge in [0.2, 0.25) is 0 Å². The molecule has 0 amide bonds. The lowest BCUT2D eigenvalue weighted by atomic mass is 9.84. The SMILES string of the molecule is c1ccc(-c2c3ccccc3c(-c3ccc4ccccc4c3)c3cc(-c4cccc(-c5ccc6oc7ccccc7c6c5)c4)ccc23)cc1. The van der Waals surface area contributed by atoms with Crippen molar-refractivity contribution in [2.45, 2.75) is 0 Å². The molecule has 0 N–H and O–H groups in total. The fourth-order valence-corrected chi connectivity index (χ4v) is 7.71. The molecule has 228 valence electrons. The molecule has 0 aliphatic heterocycles. The highest BCUT2D eigenvalue weighted by atomic mass is 16.3. The maximum absolute atomic E-state index is 6.12. The molecule has 0 spiro atoms. The second-order valence-electron chi connectivity index (χ2n) is 12.9. The fourth-order valence-electron chi connectivity index (χ4n) is 7.71. The quantitative estimate of drug-likeness (QED) is 0.178. The molecule has 49 heavy (non-hydrogen) atoms. The average molecular weight is 623 g/mol. The lowest BCUT2D eigenvalue weighted by Crippen LogP contribution is -1.92. The van der Waals surface area contributed by atoms with E-state index >= 15 is 0 Å². The fraction of sp³-hybridized carbons (Fsp3) is 0. The normalized spacial score (nSPS) is 11.7. The van der Waals surface area contributed by atoms with Gasteiger partial charge in [-0.3, -0.25) is 0 Å². The molecule has 10 aromatic rings. The third-order valence-corrected chi connectivity index (χ3v) is 10.0. The van der Waals surface area contributed by atoms with Crippen molar-refractivity contribution in [2.75, 3.05) is 0 Å². The molecule has 1 heterocycles. The van der Waals surface area contributed by atoms with E-state index in [1.807, 2.05) is 12.1 Å². The van der Waals surface area contributed by atoms with E-state index in [-0.39, 0.29) is 0 Å². The molecule has 0 aliphatic rings. The molecule has 0 aliphatic carbocycles.